The van der Waals surface area contributed by atoms with Crippen molar-refractivity contribution in [3.05, 3.63) is 0 Å². The van der Waals surface area contributed by atoms with Gasteiger partial charge in [0.25, 0.3) is 0 Å². The Morgan fingerprint density at radius 3 is 2.38 bits per heavy atom. The minimum atomic E-state index is 0.657. The molecule has 1 N–H and O–H groups in total. The first-order valence-corrected chi connectivity index (χ1v) is 5.96. The minimum Gasteiger partial charge on any atom is -0.313 e. The molecule has 1 unspecified atom stereocenters. The molecule has 0 bridgehead atoms. The van der Waals surface area contributed by atoms with Crippen molar-refractivity contribution in [3.63, 3.8) is 0 Å². The molecular weight excluding hydrogens is 158 g/mol. The van der Waals surface area contributed by atoms with Crippen molar-refractivity contribution >= 4 is 0 Å². The Balaban J connectivity index is 2.26. The quantitative estimate of drug-likeness (QED) is 0.638. The molecule has 1 fully saturated rings. The number of nitrogens with one attached hydrogen (secondary N) is 1. The molecule has 13 heavy (non-hydrogen) atoms. The molecule has 0 aromatic carbocycles. The summed E-state index contributed by atoms with van der Waals surface area (Å²) in [5.41, 5.74) is 0.657. The third-order valence-corrected chi connectivity index (χ3v) is 3.37. The Hall–Kier alpha value is -0.0400. The molecule has 0 amide bonds. The summed E-state index contributed by atoms with van der Waals surface area (Å²) < 4.78 is 0. The molecular formula is C12H25N. The maximum atomic E-state index is 3.71. The van der Waals surface area contributed by atoms with Gasteiger partial charge in [0.2, 0.25) is 0 Å². The summed E-state index contributed by atoms with van der Waals surface area (Å²) in [6.07, 6.45) is 8.25. The number of hydrogen-bond donors (Lipinski definition) is 1. The summed E-state index contributed by atoms with van der Waals surface area (Å²) in [5.74, 6) is 0. The second-order valence-corrected chi connectivity index (χ2v) is 4.80. The first kappa shape index (κ1) is 11.0. The van der Waals surface area contributed by atoms with Crippen molar-refractivity contribution in [2.24, 2.45) is 5.41 Å². The van der Waals surface area contributed by atoms with E-state index in [1.54, 1.807) is 0 Å². The molecule has 1 heteroatoms. The molecule has 1 saturated carbocycles. The van der Waals surface area contributed by atoms with Crippen LogP contribution < -0.4 is 5.32 Å². The highest BCUT2D eigenvalue weighted by atomic mass is 14.9. The predicted octanol–water partition coefficient (Wildman–Crippen LogP) is 3.34. The fraction of sp³-hybridized carbons (Fsp3) is 1.00. The second kappa shape index (κ2) is 4.99. The minimum absolute atomic E-state index is 0.657. The van der Waals surface area contributed by atoms with Crippen LogP contribution in [0.4, 0.5) is 0 Å². The largest absolute Gasteiger partial charge is 0.313 e. The first-order chi connectivity index (χ1) is 6.23. The number of unbranched alkanes of at least 4 members (excludes halogenated alkanes) is 1. The van der Waals surface area contributed by atoms with Crippen molar-refractivity contribution in [1.29, 1.82) is 0 Å². The molecule has 1 aliphatic rings. The summed E-state index contributed by atoms with van der Waals surface area (Å²) >= 11 is 0. The molecule has 1 aliphatic carbocycles. The smallest absolute Gasteiger partial charge is 0.0121 e. The maximum absolute atomic E-state index is 3.71. The molecule has 0 aromatic heterocycles. The van der Waals surface area contributed by atoms with E-state index in [0.29, 0.717) is 5.41 Å². The zero-order valence-electron chi connectivity index (χ0n) is 9.53. The van der Waals surface area contributed by atoms with Gasteiger partial charge in [0, 0.05) is 6.04 Å². The van der Waals surface area contributed by atoms with Gasteiger partial charge in [-0.15, -0.1) is 0 Å². The summed E-state index contributed by atoms with van der Waals surface area (Å²) in [5, 5.41) is 3.71. The van der Waals surface area contributed by atoms with Crippen molar-refractivity contribution in [3.8, 4) is 0 Å². The lowest BCUT2D eigenvalue weighted by Gasteiger charge is -2.24. The Morgan fingerprint density at radius 2 is 1.92 bits per heavy atom. The summed E-state index contributed by atoms with van der Waals surface area (Å²) in [6, 6.07) is 0.799. The van der Waals surface area contributed by atoms with E-state index in [1.165, 1.54) is 45.1 Å². The molecule has 1 atom stereocenters. The SMILES string of the molecule is CCCCC(NCCC)C1(C)CC1. The molecule has 78 valence electrons. The summed E-state index contributed by atoms with van der Waals surface area (Å²) in [7, 11) is 0. The van der Waals surface area contributed by atoms with E-state index >= 15 is 0 Å². The zero-order valence-corrected chi connectivity index (χ0v) is 9.53. The highest BCUT2D eigenvalue weighted by molar-refractivity contribution is 4.98. The van der Waals surface area contributed by atoms with E-state index < -0.39 is 0 Å². The number of hydrogen-bond acceptors (Lipinski definition) is 1. The highest BCUT2D eigenvalue weighted by Gasteiger charge is 2.43. The van der Waals surface area contributed by atoms with Crippen molar-refractivity contribution in [2.75, 3.05) is 6.54 Å². The maximum Gasteiger partial charge on any atom is 0.0121 e. The monoisotopic (exact) mass is 183 g/mol. The Kier molecular flexibility index (Phi) is 4.24. The van der Waals surface area contributed by atoms with Crippen LogP contribution in [-0.4, -0.2) is 12.6 Å². The summed E-state index contributed by atoms with van der Waals surface area (Å²) in [6.45, 7) is 8.17. The van der Waals surface area contributed by atoms with E-state index in [9.17, 15) is 0 Å². The third kappa shape index (κ3) is 3.30. The zero-order chi connectivity index (χ0) is 9.73. The molecule has 0 saturated heterocycles. The Bertz CT molecular complexity index is 130. The van der Waals surface area contributed by atoms with E-state index in [4.69, 9.17) is 0 Å². The standard InChI is InChI=1S/C12H25N/c1-4-6-7-11(13-10-5-2)12(3)8-9-12/h11,13H,4-10H2,1-3H3. The molecule has 0 spiro atoms. The van der Waals surface area contributed by atoms with Crippen LogP contribution in [0.2, 0.25) is 0 Å². The van der Waals surface area contributed by atoms with Crippen LogP contribution in [0, 0.1) is 5.41 Å². The van der Waals surface area contributed by atoms with E-state index in [0.717, 1.165) is 6.04 Å². The van der Waals surface area contributed by atoms with Gasteiger partial charge in [-0.2, -0.15) is 0 Å². The molecule has 0 aromatic rings. The highest BCUT2D eigenvalue weighted by Crippen LogP contribution is 2.49. The Labute approximate surface area is 83.3 Å². The van der Waals surface area contributed by atoms with Gasteiger partial charge in [0.05, 0.1) is 0 Å². The second-order valence-electron chi connectivity index (χ2n) is 4.80. The van der Waals surface area contributed by atoms with Crippen molar-refractivity contribution < 1.29 is 0 Å². The van der Waals surface area contributed by atoms with Crippen LogP contribution in [0.1, 0.15) is 59.3 Å². The number of rotatable bonds is 7. The van der Waals surface area contributed by atoms with E-state index in [-0.39, 0.29) is 0 Å². The van der Waals surface area contributed by atoms with Crippen LogP contribution in [0.25, 0.3) is 0 Å². The average Bonchev–Trinajstić information content (AvgIpc) is 2.85. The van der Waals surface area contributed by atoms with Gasteiger partial charge in [-0.3, -0.25) is 0 Å². The first-order valence-electron chi connectivity index (χ1n) is 5.96. The van der Waals surface area contributed by atoms with Crippen LogP contribution in [0.15, 0.2) is 0 Å². The van der Waals surface area contributed by atoms with Crippen molar-refractivity contribution in [1.82, 2.24) is 5.32 Å². The lowest BCUT2D eigenvalue weighted by atomic mass is 9.94. The fourth-order valence-electron chi connectivity index (χ4n) is 1.97. The molecule has 1 rings (SSSR count). The Morgan fingerprint density at radius 1 is 1.23 bits per heavy atom. The van der Waals surface area contributed by atoms with Gasteiger partial charge >= 0.3 is 0 Å². The third-order valence-electron chi connectivity index (χ3n) is 3.37. The van der Waals surface area contributed by atoms with E-state index in [2.05, 4.69) is 26.1 Å². The van der Waals surface area contributed by atoms with Crippen LogP contribution >= 0.6 is 0 Å². The molecule has 0 aliphatic heterocycles. The normalized spacial score (nSPS) is 21.5. The van der Waals surface area contributed by atoms with Gasteiger partial charge in [-0.25, -0.2) is 0 Å². The van der Waals surface area contributed by atoms with Gasteiger partial charge < -0.3 is 5.32 Å². The van der Waals surface area contributed by atoms with Gasteiger partial charge in [0.15, 0.2) is 0 Å². The molecule has 1 nitrogen and oxygen atoms in total. The van der Waals surface area contributed by atoms with Gasteiger partial charge in [-0.1, -0.05) is 33.6 Å². The van der Waals surface area contributed by atoms with Gasteiger partial charge in [0.1, 0.15) is 0 Å². The topological polar surface area (TPSA) is 12.0 Å². The average molecular weight is 183 g/mol. The van der Waals surface area contributed by atoms with Gasteiger partial charge in [-0.05, 0) is 37.6 Å². The van der Waals surface area contributed by atoms with Crippen LogP contribution in [0.5, 0.6) is 0 Å². The van der Waals surface area contributed by atoms with Crippen LogP contribution in [-0.2, 0) is 0 Å². The molecule has 0 radical (unpaired) electrons. The van der Waals surface area contributed by atoms with Crippen molar-refractivity contribution in [2.45, 2.75) is 65.3 Å². The van der Waals surface area contributed by atoms with E-state index in [1.807, 2.05) is 0 Å². The lowest BCUT2D eigenvalue weighted by Crippen LogP contribution is -2.36. The fourth-order valence-corrected chi connectivity index (χ4v) is 1.97. The molecule has 0 heterocycles. The summed E-state index contributed by atoms with van der Waals surface area (Å²) in [4.78, 5) is 0. The lowest BCUT2D eigenvalue weighted by molar-refractivity contribution is 0.330. The predicted molar refractivity (Wildman–Crippen MR) is 58.9 cm³/mol. The van der Waals surface area contributed by atoms with Crippen LogP contribution in [0.3, 0.4) is 0 Å².